The Morgan fingerprint density at radius 1 is 1.40 bits per heavy atom. The normalized spacial score (nSPS) is 14.2. The fourth-order valence-corrected chi connectivity index (χ4v) is 2.54. The molecule has 15 heavy (non-hydrogen) atoms. The zero-order chi connectivity index (χ0) is 10.3. The SMILES string of the molecule is Clc1ccc(-c2cn3c(n2)NCCN3)s1. The van der Waals surface area contributed by atoms with Gasteiger partial charge in [-0.15, -0.1) is 11.3 Å². The molecule has 3 rings (SSSR count). The van der Waals surface area contributed by atoms with Gasteiger partial charge in [-0.05, 0) is 12.1 Å². The highest BCUT2D eigenvalue weighted by Gasteiger charge is 2.13. The average Bonchev–Trinajstić information content (AvgIpc) is 2.82. The molecule has 0 saturated carbocycles. The molecule has 0 amide bonds. The summed E-state index contributed by atoms with van der Waals surface area (Å²) in [4.78, 5) is 5.56. The quantitative estimate of drug-likeness (QED) is 0.803. The number of fused-ring (bicyclic) bond motifs is 1. The van der Waals surface area contributed by atoms with Gasteiger partial charge < -0.3 is 10.7 Å². The van der Waals surface area contributed by atoms with E-state index in [9.17, 15) is 0 Å². The summed E-state index contributed by atoms with van der Waals surface area (Å²) in [6.07, 6.45) is 1.98. The van der Waals surface area contributed by atoms with E-state index in [0.717, 1.165) is 33.9 Å². The summed E-state index contributed by atoms with van der Waals surface area (Å²) >= 11 is 7.43. The van der Waals surface area contributed by atoms with Crippen molar-refractivity contribution in [1.29, 1.82) is 0 Å². The number of nitrogens with zero attached hydrogens (tertiary/aromatic N) is 2. The molecule has 0 aliphatic carbocycles. The number of aromatic nitrogens is 2. The van der Waals surface area contributed by atoms with E-state index in [1.165, 1.54) is 11.3 Å². The first-order chi connectivity index (χ1) is 7.33. The summed E-state index contributed by atoms with van der Waals surface area (Å²) in [7, 11) is 0. The molecule has 0 spiro atoms. The van der Waals surface area contributed by atoms with Crippen molar-refractivity contribution in [2.75, 3.05) is 23.8 Å². The third-order valence-corrected chi connectivity index (χ3v) is 3.48. The first-order valence-electron chi connectivity index (χ1n) is 4.66. The zero-order valence-corrected chi connectivity index (χ0v) is 9.40. The number of halogens is 1. The first kappa shape index (κ1) is 9.06. The molecule has 78 valence electrons. The van der Waals surface area contributed by atoms with Crippen LogP contribution in [0.3, 0.4) is 0 Å². The monoisotopic (exact) mass is 240 g/mol. The third kappa shape index (κ3) is 1.57. The number of thiophene rings is 1. The van der Waals surface area contributed by atoms with Crippen LogP contribution in [0.1, 0.15) is 0 Å². The summed E-state index contributed by atoms with van der Waals surface area (Å²) < 4.78 is 2.70. The molecule has 0 bridgehead atoms. The number of anilines is 1. The minimum atomic E-state index is 0.789. The lowest BCUT2D eigenvalue weighted by Gasteiger charge is -2.16. The number of hydrogen-bond acceptors (Lipinski definition) is 4. The Labute approximate surface area is 95.9 Å². The smallest absolute Gasteiger partial charge is 0.222 e. The molecule has 0 unspecified atom stereocenters. The van der Waals surface area contributed by atoms with Crippen molar-refractivity contribution in [3.63, 3.8) is 0 Å². The Kier molecular flexibility index (Phi) is 2.07. The molecule has 0 radical (unpaired) electrons. The second kappa shape index (κ2) is 3.43. The molecule has 0 saturated heterocycles. The highest BCUT2D eigenvalue weighted by Crippen LogP contribution is 2.31. The maximum Gasteiger partial charge on any atom is 0.222 e. The molecule has 2 aromatic rings. The van der Waals surface area contributed by atoms with Gasteiger partial charge in [-0.1, -0.05) is 11.6 Å². The fraction of sp³-hybridized carbons (Fsp3) is 0.222. The van der Waals surface area contributed by atoms with E-state index in [1.807, 2.05) is 23.0 Å². The minimum Gasteiger partial charge on any atom is -0.352 e. The van der Waals surface area contributed by atoms with Gasteiger partial charge in [0, 0.05) is 13.1 Å². The van der Waals surface area contributed by atoms with Crippen LogP contribution in [0.4, 0.5) is 5.95 Å². The lowest BCUT2D eigenvalue weighted by atomic mass is 10.4. The van der Waals surface area contributed by atoms with Crippen LogP contribution in [0, 0.1) is 0 Å². The second-order valence-electron chi connectivity index (χ2n) is 3.26. The van der Waals surface area contributed by atoms with Crippen molar-refractivity contribution in [1.82, 2.24) is 9.66 Å². The minimum absolute atomic E-state index is 0.789. The summed E-state index contributed by atoms with van der Waals surface area (Å²) in [5.74, 6) is 0.862. The molecule has 2 aromatic heterocycles. The fourth-order valence-electron chi connectivity index (χ4n) is 1.55. The maximum absolute atomic E-state index is 5.89. The Hall–Kier alpha value is -1.20. The van der Waals surface area contributed by atoms with Crippen molar-refractivity contribution in [3.05, 3.63) is 22.7 Å². The zero-order valence-electron chi connectivity index (χ0n) is 7.83. The van der Waals surface area contributed by atoms with Crippen molar-refractivity contribution < 1.29 is 0 Å². The lowest BCUT2D eigenvalue weighted by molar-refractivity contribution is 0.793. The van der Waals surface area contributed by atoms with Crippen LogP contribution in [0.15, 0.2) is 18.3 Å². The maximum atomic E-state index is 5.89. The topological polar surface area (TPSA) is 41.9 Å². The number of rotatable bonds is 1. The van der Waals surface area contributed by atoms with E-state index in [2.05, 4.69) is 15.7 Å². The standard InChI is InChI=1S/C9H9ClN4S/c10-8-2-1-7(15-8)6-5-14-9(13-6)11-3-4-12-14/h1-2,5,12H,3-4H2,(H,11,13). The molecular weight excluding hydrogens is 232 g/mol. The van der Waals surface area contributed by atoms with E-state index in [-0.39, 0.29) is 0 Å². The molecule has 6 heteroatoms. The van der Waals surface area contributed by atoms with Crippen LogP contribution >= 0.6 is 22.9 Å². The summed E-state index contributed by atoms with van der Waals surface area (Å²) in [5.41, 5.74) is 4.17. The molecule has 4 nitrogen and oxygen atoms in total. The average molecular weight is 241 g/mol. The largest absolute Gasteiger partial charge is 0.352 e. The van der Waals surface area contributed by atoms with E-state index in [0.29, 0.717) is 0 Å². The van der Waals surface area contributed by atoms with Gasteiger partial charge in [-0.25, -0.2) is 9.66 Å². The number of nitrogens with one attached hydrogen (secondary N) is 2. The molecule has 0 fully saturated rings. The first-order valence-corrected chi connectivity index (χ1v) is 5.85. The Morgan fingerprint density at radius 3 is 3.07 bits per heavy atom. The van der Waals surface area contributed by atoms with E-state index >= 15 is 0 Å². The van der Waals surface area contributed by atoms with Crippen LogP contribution in [0.25, 0.3) is 10.6 Å². The Balaban J connectivity index is 2.02. The molecule has 0 atom stereocenters. The van der Waals surface area contributed by atoms with Crippen molar-refractivity contribution in [2.24, 2.45) is 0 Å². The molecule has 1 aliphatic rings. The Morgan fingerprint density at radius 2 is 2.33 bits per heavy atom. The number of hydrogen-bond donors (Lipinski definition) is 2. The molecule has 2 N–H and O–H groups in total. The Bertz CT molecular complexity index is 467. The molecule has 0 aromatic carbocycles. The van der Waals surface area contributed by atoms with E-state index in [4.69, 9.17) is 11.6 Å². The van der Waals surface area contributed by atoms with Crippen molar-refractivity contribution in [3.8, 4) is 10.6 Å². The van der Waals surface area contributed by atoms with Gasteiger partial charge in [0.15, 0.2) is 0 Å². The summed E-state index contributed by atoms with van der Waals surface area (Å²) in [5, 5.41) is 3.22. The van der Waals surface area contributed by atoms with Gasteiger partial charge >= 0.3 is 0 Å². The number of imidazole rings is 1. The predicted molar refractivity (Wildman–Crippen MR) is 63.3 cm³/mol. The highest BCUT2D eigenvalue weighted by atomic mass is 35.5. The van der Waals surface area contributed by atoms with Gasteiger partial charge in [-0.3, -0.25) is 0 Å². The van der Waals surface area contributed by atoms with Crippen molar-refractivity contribution in [2.45, 2.75) is 0 Å². The van der Waals surface area contributed by atoms with Crippen LogP contribution in [-0.4, -0.2) is 22.7 Å². The molecule has 3 heterocycles. The van der Waals surface area contributed by atoms with Gasteiger partial charge in [0.25, 0.3) is 0 Å². The van der Waals surface area contributed by atoms with Crippen LogP contribution in [0.5, 0.6) is 0 Å². The lowest BCUT2D eigenvalue weighted by Crippen LogP contribution is -2.29. The molecular formula is C9H9ClN4S. The van der Waals surface area contributed by atoms with E-state index < -0.39 is 0 Å². The second-order valence-corrected chi connectivity index (χ2v) is 4.97. The molecule has 1 aliphatic heterocycles. The predicted octanol–water partition coefficient (Wildman–Crippen LogP) is 2.23. The van der Waals surface area contributed by atoms with E-state index in [1.54, 1.807) is 0 Å². The van der Waals surface area contributed by atoms with Gasteiger partial charge in [0.05, 0.1) is 15.4 Å². The van der Waals surface area contributed by atoms with Crippen molar-refractivity contribution >= 4 is 28.9 Å². The summed E-state index contributed by atoms with van der Waals surface area (Å²) in [6.45, 7) is 1.82. The van der Waals surface area contributed by atoms with Crippen LogP contribution in [0.2, 0.25) is 4.34 Å². The highest BCUT2D eigenvalue weighted by molar-refractivity contribution is 7.19. The van der Waals surface area contributed by atoms with Crippen LogP contribution < -0.4 is 10.7 Å². The van der Waals surface area contributed by atoms with Gasteiger partial charge in [-0.2, -0.15) is 0 Å². The summed E-state index contributed by atoms with van der Waals surface area (Å²) in [6, 6.07) is 3.88. The van der Waals surface area contributed by atoms with Gasteiger partial charge in [0.1, 0.15) is 5.69 Å². The van der Waals surface area contributed by atoms with Gasteiger partial charge in [0.2, 0.25) is 5.95 Å². The third-order valence-electron chi connectivity index (χ3n) is 2.22. The van der Waals surface area contributed by atoms with Crippen LogP contribution in [-0.2, 0) is 0 Å².